The number of hydrogen-bond acceptors (Lipinski definition) is 2. The van der Waals surface area contributed by atoms with Crippen LogP contribution in [0, 0.1) is 11.6 Å². The molecule has 1 aromatic heterocycles. The third-order valence-electron chi connectivity index (χ3n) is 2.61. The van der Waals surface area contributed by atoms with Gasteiger partial charge < -0.3 is 0 Å². The van der Waals surface area contributed by atoms with Gasteiger partial charge in [0.2, 0.25) is 0 Å². The Hall–Kier alpha value is -1.95. The minimum absolute atomic E-state index is 0.0642. The average molecular weight is 287 g/mol. The van der Waals surface area contributed by atoms with Crippen molar-refractivity contribution in [2.75, 3.05) is 0 Å². The molecule has 0 amide bonds. The topological polar surface area (TPSA) is 54.9 Å². The first-order valence-electron chi connectivity index (χ1n) is 5.44. The van der Waals surface area contributed by atoms with E-state index in [9.17, 15) is 18.4 Å². The zero-order valence-electron chi connectivity index (χ0n) is 9.84. The highest BCUT2D eigenvalue weighted by Gasteiger charge is 2.13. The van der Waals surface area contributed by atoms with Crippen LogP contribution in [0.5, 0.6) is 0 Å². The van der Waals surface area contributed by atoms with Crippen LogP contribution in [0.2, 0.25) is 5.15 Å². The highest BCUT2D eigenvalue weighted by atomic mass is 35.5. The first-order valence-corrected chi connectivity index (χ1v) is 5.82. The molecule has 0 saturated carbocycles. The molecule has 1 N–H and O–H groups in total. The van der Waals surface area contributed by atoms with E-state index in [-0.39, 0.29) is 22.8 Å². The van der Waals surface area contributed by atoms with Gasteiger partial charge in [0.05, 0.1) is 11.3 Å². The van der Waals surface area contributed by atoms with Gasteiger partial charge in [0.1, 0.15) is 16.8 Å². The Balaban J connectivity index is 2.83. The number of H-pyrrole nitrogens is 1. The lowest BCUT2D eigenvalue weighted by atomic mass is 10.2. The highest BCUT2D eigenvalue weighted by Crippen LogP contribution is 2.12. The van der Waals surface area contributed by atoms with Crippen LogP contribution in [0.3, 0.4) is 0 Å². The molecule has 0 saturated heterocycles. The second kappa shape index (κ2) is 4.97. The first kappa shape index (κ1) is 13.5. The summed E-state index contributed by atoms with van der Waals surface area (Å²) in [7, 11) is 0. The summed E-state index contributed by atoms with van der Waals surface area (Å²) in [5.41, 5.74) is -1.56. The van der Waals surface area contributed by atoms with E-state index in [1.807, 2.05) is 0 Å². The normalized spacial score (nSPS) is 10.7. The number of rotatable bonds is 2. The van der Waals surface area contributed by atoms with Crippen molar-refractivity contribution in [2.24, 2.45) is 0 Å². The zero-order chi connectivity index (χ0) is 14.2. The van der Waals surface area contributed by atoms with Gasteiger partial charge in [-0.3, -0.25) is 9.78 Å². The van der Waals surface area contributed by atoms with Crippen molar-refractivity contribution in [3.8, 4) is 5.69 Å². The minimum atomic E-state index is -0.880. The Morgan fingerprint density at radius 3 is 2.32 bits per heavy atom. The van der Waals surface area contributed by atoms with Crippen molar-refractivity contribution in [3.05, 3.63) is 61.4 Å². The smallest absolute Gasteiger partial charge is 0.297 e. The van der Waals surface area contributed by atoms with Crippen molar-refractivity contribution in [2.45, 2.75) is 13.3 Å². The summed E-state index contributed by atoms with van der Waals surface area (Å²) in [6.07, 6.45) is 0.284. The van der Waals surface area contributed by atoms with Crippen LogP contribution in [-0.4, -0.2) is 9.55 Å². The van der Waals surface area contributed by atoms with Gasteiger partial charge >= 0.3 is 5.69 Å². The number of aromatic amines is 1. The fourth-order valence-corrected chi connectivity index (χ4v) is 2.05. The van der Waals surface area contributed by atoms with E-state index in [1.54, 1.807) is 6.92 Å². The van der Waals surface area contributed by atoms with E-state index >= 15 is 0 Å². The fraction of sp³-hybridized carbons (Fsp3) is 0.167. The summed E-state index contributed by atoms with van der Waals surface area (Å²) < 4.78 is 26.9. The molecule has 0 bridgehead atoms. The summed E-state index contributed by atoms with van der Waals surface area (Å²) in [5.74, 6) is -1.76. The summed E-state index contributed by atoms with van der Waals surface area (Å²) in [6, 6.07) is 2.44. The Morgan fingerprint density at radius 1 is 1.21 bits per heavy atom. The molecule has 0 aliphatic carbocycles. The second-order valence-electron chi connectivity index (χ2n) is 3.84. The molecule has 0 radical (unpaired) electrons. The molecular weight excluding hydrogens is 278 g/mol. The van der Waals surface area contributed by atoms with E-state index in [0.29, 0.717) is 10.6 Å². The maximum atomic E-state index is 13.1. The van der Waals surface area contributed by atoms with Gasteiger partial charge in [0, 0.05) is 6.07 Å². The van der Waals surface area contributed by atoms with Crippen LogP contribution in [0.4, 0.5) is 8.78 Å². The molecule has 1 aromatic carbocycles. The first-order chi connectivity index (χ1) is 8.93. The van der Waals surface area contributed by atoms with Gasteiger partial charge in [0.15, 0.2) is 0 Å². The molecular formula is C12H9ClF2N2O2. The van der Waals surface area contributed by atoms with Crippen molar-refractivity contribution in [1.29, 1.82) is 0 Å². The predicted molar refractivity (Wildman–Crippen MR) is 67.0 cm³/mol. The summed E-state index contributed by atoms with van der Waals surface area (Å²) in [5, 5.41) is -0.0642. The maximum Gasteiger partial charge on any atom is 0.334 e. The molecule has 0 aliphatic heterocycles. The molecule has 0 aliphatic rings. The van der Waals surface area contributed by atoms with Crippen molar-refractivity contribution >= 4 is 11.6 Å². The SMILES string of the molecule is CCc1c(Cl)[nH]c(=O)n(-c2cc(F)cc(F)c2)c1=O. The maximum absolute atomic E-state index is 13.1. The molecule has 0 spiro atoms. The largest absolute Gasteiger partial charge is 0.334 e. The predicted octanol–water partition coefficient (Wildman–Crippen LogP) is 2.02. The molecule has 7 heteroatoms. The molecule has 100 valence electrons. The standard InChI is InChI=1S/C12H9ClF2N2O2/c1-2-9-10(13)16-12(19)17(11(9)18)8-4-6(14)3-7(15)5-8/h3-5H,2H2,1H3,(H,16,19). The Morgan fingerprint density at radius 2 is 1.79 bits per heavy atom. The molecule has 2 aromatic rings. The minimum Gasteiger partial charge on any atom is -0.297 e. The monoisotopic (exact) mass is 286 g/mol. The van der Waals surface area contributed by atoms with Gasteiger partial charge in [-0.1, -0.05) is 18.5 Å². The Kier molecular flexibility index (Phi) is 3.53. The molecule has 19 heavy (non-hydrogen) atoms. The third-order valence-corrected chi connectivity index (χ3v) is 2.93. The Bertz CT molecular complexity index is 732. The summed E-state index contributed by atoms with van der Waals surface area (Å²) in [6.45, 7) is 1.68. The number of aromatic nitrogens is 2. The highest BCUT2D eigenvalue weighted by molar-refractivity contribution is 6.30. The van der Waals surface area contributed by atoms with Gasteiger partial charge in [-0.05, 0) is 18.6 Å². The second-order valence-corrected chi connectivity index (χ2v) is 4.22. The van der Waals surface area contributed by atoms with Crippen LogP contribution in [0.15, 0.2) is 27.8 Å². The number of hydrogen-bond donors (Lipinski definition) is 1. The average Bonchev–Trinajstić information content (AvgIpc) is 2.27. The van der Waals surface area contributed by atoms with Crippen molar-refractivity contribution in [1.82, 2.24) is 9.55 Å². The third kappa shape index (κ3) is 2.44. The van der Waals surface area contributed by atoms with Crippen molar-refractivity contribution < 1.29 is 8.78 Å². The quantitative estimate of drug-likeness (QED) is 0.859. The number of halogens is 3. The van der Waals surface area contributed by atoms with Crippen LogP contribution >= 0.6 is 11.6 Å². The lowest BCUT2D eigenvalue weighted by molar-refractivity contribution is 0.580. The van der Waals surface area contributed by atoms with E-state index in [4.69, 9.17) is 11.6 Å². The zero-order valence-corrected chi connectivity index (χ0v) is 10.6. The molecule has 0 atom stereocenters. The fourth-order valence-electron chi connectivity index (χ4n) is 1.76. The van der Waals surface area contributed by atoms with E-state index in [0.717, 1.165) is 12.1 Å². The lowest BCUT2D eigenvalue weighted by Crippen LogP contribution is -2.36. The van der Waals surface area contributed by atoms with Gasteiger partial charge in [-0.25, -0.2) is 18.1 Å². The van der Waals surface area contributed by atoms with Gasteiger partial charge in [0.25, 0.3) is 5.56 Å². The summed E-state index contributed by atoms with van der Waals surface area (Å²) in [4.78, 5) is 26.1. The van der Waals surface area contributed by atoms with Crippen LogP contribution in [-0.2, 0) is 6.42 Å². The molecule has 4 nitrogen and oxygen atoms in total. The van der Waals surface area contributed by atoms with Crippen LogP contribution in [0.1, 0.15) is 12.5 Å². The van der Waals surface area contributed by atoms with Crippen LogP contribution < -0.4 is 11.2 Å². The number of nitrogens with one attached hydrogen (secondary N) is 1. The number of benzene rings is 1. The van der Waals surface area contributed by atoms with Crippen LogP contribution in [0.25, 0.3) is 5.69 Å². The number of nitrogens with zero attached hydrogens (tertiary/aromatic N) is 1. The molecule has 2 rings (SSSR count). The summed E-state index contributed by atoms with van der Waals surface area (Å²) >= 11 is 5.74. The van der Waals surface area contributed by atoms with Gasteiger partial charge in [-0.2, -0.15) is 0 Å². The lowest BCUT2D eigenvalue weighted by Gasteiger charge is -2.08. The van der Waals surface area contributed by atoms with E-state index < -0.39 is 22.9 Å². The molecule has 1 heterocycles. The van der Waals surface area contributed by atoms with E-state index in [1.165, 1.54) is 0 Å². The molecule has 0 fully saturated rings. The van der Waals surface area contributed by atoms with Gasteiger partial charge in [-0.15, -0.1) is 0 Å². The van der Waals surface area contributed by atoms with E-state index in [2.05, 4.69) is 4.98 Å². The molecule has 0 unspecified atom stereocenters. The Labute approximate surface area is 111 Å². The van der Waals surface area contributed by atoms with Crippen molar-refractivity contribution in [3.63, 3.8) is 0 Å².